The summed E-state index contributed by atoms with van der Waals surface area (Å²) in [5, 5.41) is 0. The molecule has 18 heavy (non-hydrogen) atoms. The van der Waals surface area contributed by atoms with Crippen LogP contribution in [0.5, 0.6) is 5.75 Å². The van der Waals surface area contributed by atoms with E-state index in [1.54, 1.807) is 7.11 Å². The second kappa shape index (κ2) is 6.25. The quantitative estimate of drug-likeness (QED) is 0.764. The van der Waals surface area contributed by atoms with E-state index < -0.39 is 0 Å². The predicted molar refractivity (Wildman–Crippen MR) is 75.9 cm³/mol. The van der Waals surface area contributed by atoms with Gasteiger partial charge in [0.2, 0.25) is 0 Å². The molecular weight excluding hydrogens is 220 g/mol. The molecule has 2 aromatic carbocycles. The lowest BCUT2D eigenvalue weighted by Gasteiger charge is -2.05. The Kier molecular flexibility index (Phi) is 4.40. The van der Waals surface area contributed by atoms with Crippen LogP contribution >= 0.6 is 0 Å². The van der Waals surface area contributed by atoms with Gasteiger partial charge in [0.25, 0.3) is 0 Å². The third-order valence-electron chi connectivity index (χ3n) is 3.10. The smallest absolute Gasteiger partial charge is 0.119 e. The van der Waals surface area contributed by atoms with Gasteiger partial charge in [0.1, 0.15) is 5.75 Å². The number of ether oxygens (including phenoxy) is 1. The van der Waals surface area contributed by atoms with Gasteiger partial charge in [-0.1, -0.05) is 43.3 Å². The minimum absolute atomic E-state index is 0.919. The van der Waals surface area contributed by atoms with E-state index in [1.807, 2.05) is 12.1 Å². The van der Waals surface area contributed by atoms with Gasteiger partial charge in [-0.2, -0.15) is 0 Å². The zero-order valence-electron chi connectivity index (χ0n) is 11.0. The van der Waals surface area contributed by atoms with Gasteiger partial charge in [0, 0.05) is 0 Å². The van der Waals surface area contributed by atoms with Crippen LogP contribution in [0.25, 0.3) is 0 Å². The highest BCUT2D eigenvalue weighted by Gasteiger charge is 1.98. The van der Waals surface area contributed by atoms with Crippen LogP contribution in [-0.2, 0) is 12.8 Å². The zero-order valence-corrected chi connectivity index (χ0v) is 11.0. The summed E-state index contributed by atoms with van der Waals surface area (Å²) in [5.41, 5.74) is 3.93. The van der Waals surface area contributed by atoms with Crippen LogP contribution in [0, 0.1) is 6.42 Å². The van der Waals surface area contributed by atoms with E-state index in [2.05, 4.69) is 49.7 Å². The number of benzene rings is 2. The lowest BCUT2D eigenvalue weighted by molar-refractivity contribution is 0.414. The zero-order chi connectivity index (χ0) is 12.8. The second-order valence-corrected chi connectivity index (χ2v) is 4.35. The maximum Gasteiger partial charge on any atom is 0.119 e. The molecule has 1 radical (unpaired) electrons. The second-order valence-electron chi connectivity index (χ2n) is 4.35. The van der Waals surface area contributed by atoms with Crippen LogP contribution in [0.15, 0.2) is 48.5 Å². The fourth-order valence-corrected chi connectivity index (χ4v) is 1.92. The van der Waals surface area contributed by atoms with Gasteiger partial charge in [-0.3, -0.25) is 0 Å². The fraction of sp³-hybridized carbons (Fsp3) is 0.235. The van der Waals surface area contributed by atoms with E-state index in [1.165, 1.54) is 16.7 Å². The fourth-order valence-electron chi connectivity index (χ4n) is 1.92. The molecule has 2 aromatic rings. The molecule has 0 N–H and O–H groups in total. The number of rotatable bonds is 5. The molecule has 93 valence electrons. The van der Waals surface area contributed by atoms with Crippen LogP contribution in [0.3, 0.4) is 0 Å². The number of methoxy groups -OCH3 is 1. The van der Waals surface area contributed by atoms with E-state index in [9.17, 15) is 0 Å². The third kappa shape index (κ3) is 3.36. The molecule has 1 nitrogen and oxygen atoms in total. The molecule has 0 aliphatic heterocycles. The molecule has 0 saturated heterocycles. The standard InChI is InChI=1S/C17H19O/c1-3-14-7-9-15(10-8-14)11-12-16-5-4-6-17(13-16)18-2/h4-11,13H,3,12H2,1-2H3. The van der Waals surface area contributed by atoms with Gasteiger partial charge < -0.3 is 4.74 Å². The highest BCUT2D eigenvalue weighted by atomic mass is 16.5. The SMILES string of the molecule is CCc1ccc([CH]Cc2cccc(OC)c2)cc1. The van der Waals surface area contributed by atoms with Crippen molar-refractivity contribution in [2.75, 3.05) is 7.11 Å². The van der Waals surface area contributed by atoms with Gasteiger partial charge >= 0.3 is 0 Å². The largest absolute Gasteiger partial charge is 0.497 e. The molecule has 0 aliphatic rings. The summed E-state index contributed by atoms with van der Waals surface area (Å²) >= 11 is 0. The van der Waals surface area contributed by atoms with Crippen molar-refractivity contribution in [2.45, 2.75) is 19.8 Å². The number of hydrogen-bond acceptors (Lipinski definition) is 1. The van der Waals surface area contributed by atoms with E-state index in [-0.39, 0.29) is 0 Å². The maximum absolute atomic E-state index is 5.22. The van der Waals surface area contributed by atoms with Crippen LogP contribution in [0.4, 0.5) is 0 Å². The van der Waals surface area contributed by atoms with Gasteiger partial charge in [-0.05, 0) is 48.1 Å². The lowest BCUT2D eigenvalue weighted by atomic mass is 10.0. The van der Waals surface area contributed by atoms with Crippen molar-refractivity contribution in [2.24, 2.45) is 0 Å². The van der Waals surface area contributed by atoms with Crippen molar-refractivity contribution >= 4 is 0 Å². The van der Waals surface area contributed by atoms with E-state index in [4.69, 9.17) is 4.74 Å². The van der Waals surface area contributed by atoms with Crippen molar-refractivity contribution < 1.29 is 4.74 Å². The van der Waals surface area contributed by atoms with Crippen LogP contribution in [0.1, 0.15) is 23.6 Å². The highest BCUT2D eigenvalue weighted by Crippen LogP contribution is 2.16. The molecule has 0 spiro atoms. The number of hydrogen-bond donors (Lipinski definition) is 0. The first-order valence-electron chi connectivity index (χ1n) is 6.37. The van der Waals surface area contributed by atoms with Crippen molar-refractivity contribution in [1.82, 2.24) is 0 Å². The molecule has 1 heteroatoms. The number of aryl methyl sites for hydroxylation is 1. The molecule has 2 rings (SSSR count). The Hall–Kier alpha value is -1.76. The van der Waals surface area contributed by atoms with E-state index in [0.29, 0.717) is 0 Å². The summed E-state index contributed by atoms with van der Waals surface area (Å²) in [6.45, 7) is 2.18. The Morgan fingerprint density at radius 1 is 1.00 bits per heavy atom. The minimum Gasteiger partial charge on any atom is -0.497 e. The summed E-state index contributed by atoms with van der Waals surface area (Å²) < 4.78 is 5.22. The molecule has 0 saturated carbocycles. The molecule has 0 amide bonds. The Bertz CT molecular complexity index is 485. The molecule has 0 heterocycles. The summed E-state index contributed by atoms with van der Waals surface area (Å²) in [4.78, 5) is 0. The summed E-state index contributed by atoms with van der Waals surface area (Å²) in [5.74, 6) is 0.919. The molecule has 0 aliphatic carbocycles. The van der Waals surface area contributed by atoms with Gasteiger partial charge in [0.15, 0.2) is 0 Å². The highest BCUT2D eigenvalue weighted by molar-refractivity contribution is 5.33. The van der Waals surface area contributed by atoms with Crippen LogP contribution in [0.2, 0.25) is 0 Å². The molecule has 0 aromatic heterocycles. The minimum atomic E-state index is 0.919. The monoisotopic (exact) mass is 239 g/mol. The van der Waals surface area contributed by atoms with Gasteiger partial charge in [-0.25, -0.2) is 0 Å². The molecular formula is C17H19O. The Balaban J connectivity index is 1.97. The summed E-state index contributed by atoms with van der Waals surface area (Å²) in [6, 6.07) is 16.9. The van der Waals surface area contributed by atoms with Crippen molar-refractivity contribution in [3.63, 3.8) is 0 Å². The molecule has 0 atom stereocenters. The predicted octanol–water partition coefficient (Wildman–Crippen LogP) is 4.05. The molecule has 0 fully saturated rings. The van der Waals surface area contributed by atoms with E-state index in [0.717, 1.165) is 18.6 Å². The van der Waals surface area contributed by atoms with Gasteiger partial charge in [0.05, 0.1) is 7.11 Å². The topological polar surface area (TPSA) is 9.23 Å². The first kappa shape index (κ1) is 12.7. The Morgan fingerprint density at radius 2 is 1.78 bits per heavy atom. The van der Waals surface area contributed by atoms with Gasteiger partial charge in [-0.15, -0.1) is 0 Å². The van der Waals surface area contributed by atoms with Crippen molar-refractivity contribution in [3.8, 4) is 5.75 Å². The molecule has 0 bridgehead atoms. The van der Waals surface area contributed by atoms with Crippen LogP contribution in [-0.4, -0.2) is 7.11 Å². The van der Waals surface area contributed by atoms with Crippen LogP contribution < -0.4 is 4.74 Å². The Labute approximate surface area is 109 Å². The average Bonchev–Trinajstić information content (AvgIpc) is 2.46. The first-order chi connectivity index (χ1) is 8.81. The Morgan fingerprint density at radius 3 is 2.44 bits per heavy atom. The average molecular weight is 239 g/mol. The van der Waals surface area contributed by atoms with E-state index >= 15 is 0 Å². The third-order valence-corrected chi connectivity index (χ3v) is 3.10. The summed E-state index contributed by atoms with van der Waals surface area (Å²) in [7, 11) is 1.70. The van der Waals surface area contributed by atoms with Crippen molar-refractivity contribution in [3.05, 3.63) is 71.6 Å². The molecule has 0 unspecified atom stereocenters. The lowest BCUT2D eigenvalue weighted by Crippen LogP contribution is -1.91. The first-order valence-corrected chi connectivity index (χ1v) is 6.37. The van der Waals surface area contributed by atoms with Crippen molar-refractivity contribution in [1.29, 1.82) is 0 Å². The summed E-state index contributed by atoms with van der Waals surface area (Å²) in [6.07, 6.45) is 4.27. The maximum atomic E-state index is 5.22. The normalized spacial score (nSPS) is 10.3.